The molecule has 0 saturated heterocycles. The fourth-order valence-electron chi connectivity index (χ4n) is 1.36. The molecular weight excluding hydrogens is 311 g/mol. The standard InChI is InChI=1S/C11H8Cl2N2O3S/c12-8-6-9(14-10(8)13)11(16)15-19(17,18)7-4-2-1-3-5-7/h1-6,14H,(H,15,16). The van der Waals surface area contributed by atoms with Gasteiger partial charge < -0.3 is 4.98 Å². The van der Waals surface area contributed by atoms with E-state index < -0.39 is 15.9 Å². The van der Waals surface area contributed by atoms with E-state index in [1.54, 1.807) is 18.2 Å². The number of benzene rings is 1. The van der Waals surface area contributed by atoms with Gasteiger partial charge in [0.2, 0.25) is 0 Å². The first-order valence-corrected chi connectivity index (χ1v) is 7.30. The zero-order valence-corrected chi connectivity index (χ0v) is 11.7. The highest BCUT2D eigenvalue weighted by Crippen LogP contribution is 2.22. The molecule has 0 radical (unpaired) electrons. The number of H-pyrrole nitrogens is 1. The summed E-state index contributed by atoms with van der Waals surface area (Å²) in [4.78, 5) is 14.2. The van der Waals surface area contributed by atoms with Gasteiger partial charge in [-0.1, -0.05) is 41.4 Å². The molecule has 5 nitrogen and oxygen atoms in total. The second-order valence-corrected chi connectivity index (χ2v) is 6.06. The molecule has 0 aliphatic carbocycles. The van der Waals surface area contributed by atoms with E-state index in [0.717, 1.165) is 0 Å². The predicted molar refractivity (Wildman–Crippen MR) is 71.9 cm³/mol. The van der Waals surface area contributed by atoms with Crippen molar-refractivity contribution in [2.24, 2.45) is 0 Å². The summed E-state index contributed by atoms with van der Waals surface area (Å²) in [7, 11) is -3.92. The van der Waals surface area contributed by atoms with Crippen LogP contribution >= 0.6 is 23.2 Å². The van der Waals surface area contributed by atoms with E-state index in [1.807, 2.05) is 4.72 Å². The minimum Gasteiger partial charge on any atom is -0.340 e. The summed E-state index contributed by atoms with van der Waals surface area (Å²) in [6.07, 6.45) is 0. The molecule has 2 aromatic rings. The molecule has 100 valence electrons. The Morgan fingerprint density at radius 2 is 1.79 bits per heavy atom. The molecule has 0 aliphatic rings. The number of aromatic nitrogens is 1. The number of amides is 1. The lowest BCUT2D eigenvalue weighted by molar-refractivity contribution is 0.0977. The number of sulfonamides is 1. The maximum Gasteiger partial charge on any atom is 0.281 e. The van der Waals surface area contributed by atoms with Crippen molar-refractivity contribution in [3.05, 3.63) is 52.3 Å². The van der Waals surface area contributed by atoms with E-state index in [0.29, 0.717) is 0 Å². The molecule has 1 aromatic heterocycles. The molecule has 19 heavy (non-hydrogen) atoms. The Kier molecular flexibility index (Phi) is 3.84. The number of carbonyl (C=O) groups is 1. The van der Waals surface area contributed by atoms with Gasteiger partial charge in [-0.3, -0.25) is 4.79 Å². The summed E-state index contributed by atoms with van der Waals surface area (Å²) in [5.41, 5.74) is -0.0329. The molecule has 0 fully saturated rings. The van der Waals surface area contributed by atoms with E-state index in [2.05, 4.69) is 4.98 Å². The topological polar surface area (TPSA) is 79.0 Å². The average molecular weight is 319 g/mol. The van der Waals surface area contributed by atoms with Gasteiger partial charge in [0.15, 0.2) is 0 Å². The van der Waals surface area contributed by atoms with Crippen LogP contribution in [0.4, 0.5) is 0 Å². The molecular formula is C11H8Cl2N2O3S. The van der Waals surface area contributed by atoms with Crippen LogP contribution in [0.25, 0.3) is 0 Å². The number of aromatic amines is 1. The SMILES string of the molecule is O=C(NS(=O)(=O)c1ccccc1)c1cc(Cl)c(Cl)[nH]1. The van der Waals surface area contributed by atoms with Crippen molar-refractivity contribution in [2.75, 3.05) is 0 Å². The van der Waals surface area contributed by atoms with Crippen molar-refractivity contribution < 1.29 is 13.2 Å². The van der Waals surface area contributed by atoms with Crippen molar-refractivity contribution >= 4 is 39.1 Å². The minimum absolute atomic E-state index is 0.00731. The molecule has 0 saturated carbocycles. The Labute approximate surface area is 119 Å². The number of rotatable bonds is 3. The van der Waals surface area contributed by atoms with Crippen LogP contribution in [0.2, 0.25) is 10.2 Å². The maximum absolute atomic E-state index is 11.9. The first-order chi connectivity index (χ1) is 8.90. The Morgan fingerprint density at radius 1 is 1.16 bits per heavy atom. The van der Waals surface area contributed by atoms with Gasteiger partial charge >= 0.3 is 0 Å². The molecule has 1 aromatic carbocycles. The Bertz CT molecular complexity index is 691. The van der Waals surface area contributed by atoms with Crippen LogP contribution in [0.3, 0.4) is 0 Å². The number of hydrogen-bond acceptors (Lipinski definition) is 3. The van der Waals surface area contributed by atoms with Gasteiger partial charge in [-0.25, -0.2) is 13.1 Å². The molecule has 8 heteroatoms. The summed E-state index contributed by atoms with van der Waals surface area (Å²) in [5.74, 6) is -0.836. The molecule has 0 bridgehead atoms. The van der Waals surface area contributed by atoms with Crippen molar-refractivity contribution in [3.63, 3.8) is 0 Å². The first kappa shape index (κ1) is 13.9. The number of nitrogens with one attached hydrogen (secondary N) is 2. The lowest BCUT2D eigenvalue weighted by Gasteiger charge is -2.05. The highest BCUT2D eigenvalue weighted by atomic mass is 35.5. The Hall–Kier alpha value is -1.50. The molecule has 2 N–H and O–H groups in total. The molecule has 2 rings (SSSR count). The Balaban J connectivity index is 2.24. The number of hydrogen-bond donors (Lipinski definition) is 2. The van der Waals surface area contributed by atoms with Crippen LogP contribution < -0.4 is 4.72 Å². The van der Waals surface area contributed by atoms with Gasteiger partial charge in [-0.2, -0.15) is 0 Å². The lowest BCUT2D eigenvalue weighted by Crippen LogP contribution is -2.30. The van der Waals surface area contributed by atoms with E-state index in [4.69, 9.17) is 23.2 Å². The molecule has 1 heterocycles. The third-order valence-electron chi connectivity index (χ3n) is 2.25. The van der Waals surface area contributed by atoms with Crippen LogP contribution in [0.1, 0.15) is 10.5 Å². The van der Waals surface area contributed by atoms with Crippen LogP contribution in [0.5, 0.6) is 0 Å². The largest absolute Gasteiger partial charge is 0.340 e. The summed E-state index contributed by atoms with van der Waals surface area (Å²) < 4.78 is 25.7. The second-order valence-electron chi connectivity index (χ2n) is 3.59. The third kappa shape index (κ3) is 3.09. The number of carbonyl (C=O) groups excluding carboxylic acids is 1. The quantitative estimate of drug-likeness (QED) is 0.912. The van der Waals surface area contributed by atoms with Crippen molar-refractivity contribution in [1.82, 2.24) is 9.71 Å². The van der Waals surface area contributed by atoms with Crippen LogP contribution in [0.15, 0.2) is 41.3 Å². The van der Waals surface area contributed by atoms with Gasteiger partial charge in [-0.15, -0.1) is 0 Å². The summed E-state index contributed by atoms with van der Waals surface area (Å²) >= 11 is 11.3. The van der Waals surface area contributed by atoms with Crippen molar-refractivity contribution in [1.29, 1.82) is 0 Å². The summed E-state index contributed by atoms with van der Waals surface area (Å²) in [5, 5.41) is 0.216. The lowest BCUT2D eigenvalue weighted by atomic mass is 10.4. The minimum atomic E-state index is -3.92. The van der Waals surface area contributed by atoms with Crippen molar-refractivity contribution in [2.45, 2.75) is 4.90 Å². The number of halogens is 2. The van der Waals surface area contributed by atoms with Gasteiger partial charge in [-0.05, 0) is 18.2 Å². The van der Waals surface area contributed by atoms with Gasteiger partial charge in [0.25, 0.3) is 15.9 Å². The van der Waals surface area contributed by atoms with E-state index in [-0.39, 0.29) is 20.8 Å². The zero-order valence-electron chi connectivity index (χ0n) is 9.35. The molecule has 0 unspecified atom stereocenters. The second kappa shape index (κ2) is 5.24. The summed E-state index contributed by atoms with van der Waals surface area (Å²) in [6.45, 7) is 0. The summed E-state index contributed by atoms with van der Waals surface area (Å²) in [6, 6.07) is 8.79. The van der Waals surface area contributed by atoms with Crippen LogP contribution in [-0.2, 0) is 10.0 Å². The van der Waals surface area contributed by atoms with Gasteiger partial charge in [0.05, 0.1) is 9.92 Å². The van der Waals surface area contributed by atoms with E-state index in [1.165, 1.54) is 18.2 Å². The monoisotopic (exact) mass is 318 g/mol. The molecule has 0 aliphatic heterocycles. The Morgan fingerprint density at radius 3 is 2.32 bits per heavy atom. The van der Waals surface area contributed by atoms with Crippen molar-refractivity contribution in [3.8, 4) is 0 Å². The maximum atomic E-state index is 11.9. The van der Waals surface area contributed by atoms with Crippen LogP contribution in [0, 0.1) is 0 Å². The molecule has 0 spiro atoms. The van der Waals surface area contributed by atoms with E-state index >= 15 is 0 Å². The van der Waals surface area contributed by atoms with Gasteiger partial charge in [0, 0.05) is 0 Å². The third-order valence-corrected chi connectivity index (χ3v) is 4.29. The highest BCUT2D eigenvalue weighted by Gasteiger charge is 2.20. The smallest absolute Gasteiger partial charge is 0.281 e. The fourth-order valence-corrected chi connectivity index (χ4v) is 2.66. The van der Waals surface area contributed by atoms with Crippen LogP contribution in [-0.4, -0.2) is 19.3 Å². The molecule has 1 amide bonds. The normalized spacial score (nSPS) is 11.3. The zero-order chi connectivity index (χ0) is 14.0. The highest BCUT2D eigenvalue weighted by molar-refractivity contribution is 7.90. The average Bonchev–Trinajstić information content (AvgIpc) is 2.70. The predicted octanol–water partition coefficient (Wildman–Crippen LogP) is 2.44. The van der Waals surface area contributed by atoms with Gasteiger partial charge in [0.1, 0.15) is 10.8 Å². The molecule has 0 atom stereocenters. The van der Waals surface area contributed by atoms with E-state index in [9.17, 15) is 13.2 Å². The first-order valence-electron chi connectivity index (χ1n) is 5.06. The fraction of sp³-hybridized carbons (Fsp3) is 0.